The zero-order valence-corrected chi connectivity index (χ0v) is 53.3. The molecule has 9 N–H and O–H groups in total. The Morgan fingerprint density at radius 1 is 0.435 bits per heavy atom. The number of hydrogen-bond donors (Lipinski definition) is 9. The van der Waals surface area contributed by atoms with Crippen LogP contribution in [0, 0.1) is 0 Å². The molecule has 2 heterocycles. The molecule has 2 rings (SSSR count). The van der Waals surface area contributed by atoms with Gasteiger partial charge in [0.2, 0.25) is 5.91 Å². The summed E-state index contributed by atoms with van der Waals surface area (Å²) < 4.78 is 22.9. The third-order valence-electron chi connectivity index (χ3n) is 16.4. The molecule has 0 spiro atoms. The summed E-state index contributed by atoms with van der Waals surface area (Å²) in [6, 6.07) is -0.836. The van der Waals surface area contributed by atoms with Crippen molar-refractivity contribution in [2.75, 3.05) is 19.8 Å². The highest BCUT2D eigenvalue weighted by Crippen LogP contribution is 2.30. The summed E-state index contributed by atoms with van der Waals surface area (Å²) in [5.41, 5.74) is 0. The molecule has 0 bridgehead atoms. The molecule has 0 aliphatic carbocycles. The van der Waals surface area contributed by atoms with Gasteiger partial charge in [-0.2, -0.15) is 0 Å². The van der Waals surface area contributed by atoms with Crippen molar-refractivity contribution in [3.05, 3.63) is 85.1 Å². The van der Waals surface area contributed by atoms with Gasteiger partial charge in [0.1, 0.15) is 48.8 Å². The van der Waals surface area contributed by atoms with Crippen LogP contribution in [-0.2, 0) is 23.7 Å². The Morgan fingerprint density at radius 3 is 1.25 bits per heavy atom. The fraction of sp³-hybridized carbons (Fsp3) is 0.789. The molecule has 85 heavy (non-hydrogen) atoms. The molecule has 12 atom stereocenters. The van der Waals surface area contributed by atoms with E-state index in [2.05, 4.69) is 104 Å². The molecule has 2 aliphatic rings. The highest BCUT2D eigenvalue weighted by atomic mass is 16.7. The number of allylic oxidation sites excluding steroid dienone is 14. The monoisotopic (exact) mass is 1200 g/mol. The molecule has 1 amide bonds. The van der Waals surface area contributed by atoms with Gasteiger partial charge in [0.15, 0.2) is 12.6 Å². The van der Waals surface area contributed by atoms with Crippen LogP contribution in [0.25, 0.3) is 0 Å². The Morgan fingerprint density at radius 2 is 0.812 bits per heavy atom. The maximum Gasteiger partial charge on any atom is 0.220 e. The van der Waals surface area contributed by atoms with Crippen LogP contribution in [0.5, 0.6) is 0 Å². The first-order valence-corrected chi connectivity index (χ1v) is 34.3. The standard InChI is InChI=1S/C71H125NO13/c1-3-5-7-9-11-13-15-17-19-21-23-24-25-26-27-28-29-30-31-32-33-34-35-36-37-39-41-43-45-47-49-51-53-55-63(76)72-59(60(75)54-52-50-48-46-44-42-40-38-22-20-18-16-14-12-10-8-6-4-2)58-82-70-68(81)66(79)69(62(57-74)84-70)85-71-67(80)65(78)64(77)61(56-73)83-71/h5,7,11,13,17,19,23-24,26-27,29-30,32-33,59-62,64-71,73-75,77-81H,3-4,6,8-10,12,14-16,18,20-22,25,28,31,34-58H2,1-2H3,(H,72,76)/b7-5-,13-11-,19-17-,24-23-,27-26-,30-29-,33-32-. The molecule has 492 valence electrons. The van der Waals surface area contributed by atoms with Crippen molar-refractivity contribution in [1.29, 1.82) is 0 Å². The topological polar surface area (TPSA) is 228 Å². The molecule has 14 heteroatoms. The lowest BCUT2D eigenvalue weighted by Gasteiger charge is -2.46. The van der Waals surface area contributed by atoms with Gasteiger partial charge in [-0.25, -0.2) is 0 Å². The second kappa shape index (κ2) is 55.3. The van der Waals surface area contributed by atoms with E-state index in [0.717, 1.165) is 103 Å². The molecule has 0 aromatic heterocycles. The number of carbonyl (C=O) groups excluding carboxylic acids is 1. The van der Waals surface area contributed by atoms with Crippen molar-refractivity contribution in [2.45, 2.75) is 338 Å². The quantitative estimate of drug-likeness (QED) is 0.0204. The molecule has 2 saturated heterocycles. The number of amides is 1. The highest BCUT2D eigenvalue weighted by Gasteiger charge is 2.51. The Labute approximate surface area is 516 Å². The summed E-state index contributed by atoms with van der Waals surface area (Å²) in [5.74, 6) is -0.211. The SMILES string of the molecule is CC/C=C\C/C=C\C/C=C\C/C=C\C/C=C\C/C=C\C/C=C\CCCCCCCCCCCCCC(=O)NC(COC1OC(CO)C(OC2OC(CO)C(O)C(O)C2O)C(O)C1O)C(O)CCCCCCCCCCCCCCCCCCCC. The fourth-order valence-corrected chi connectivity index (χ4v) is 10.9. The number of aliphatic hydroxyl groups excluding tert-OH is 8. The van der Waals surface area contributed by atoms with Crippen molar-refractivity contribution in [3.8, 4) is 0 Å². The first kappa shape index (κ1) is 78.3. The van der Waals surface area contributed by atoms with E-state index in [0.29, 0.717) is 12.8 Å². The lowest BCUT2D eigenvalue weighted by molar-refractivity contribution is -0.359. The van der Waals surface area contributed by atoms with Gasteiger partial charge in [0, 0.05) is 6.42 Å². The first-order chi connectivity index (χ1) is 41.6. The van der Waals surface area contributed by atoms with Gasteiger partial charge in [-0.15, -0.1) is 0 Å². The van der Waals surface area contributed by atoms with E-state index in [1.807, 2.05) is 0 Å². The van der Waals surface area contributed by atoms with E-state index < -0.39 is 86.8 Å². The largest absolute Gasteiger partial charge is 0.394 e. The van der Waals surface area contributed by atoms with E-state index in [1.54, 1.807) is 0 Å². The molecule has 12 unspecified atom stereocenters. The molecule has 0 aromatic rings. The van der Waals surface area contributed by atoms with Crippen molar-refractivity contribution in [1.82, 2.24) is 5.32 Å². The first-order valence-electron chi connectivity index (χ1n) is 34.3. The Bertz CT molecular complexity index is 1750. The Balaban J connectivity index is 1.66. The predicted molar refractivity (Wildman–Crippen MR) is 346 cm³/mol. The van der Waals surface area contributed by atoms with Crippen molar-refractivity contribution in [3.63, 3.8) is 0 Å². The smallest absolute Gasteiger partial charge is 0.220 e. The average molecular weight is 1200 g/mol. The predicted octanol–water partition coefficient (Wildman–Crippen LogP) is 13.6. The van der Waals surface area contributed by atoms with Gasteiger partial charge < -0.3 is 65.1 Å². The number of ether oxygens (including phenoxy) is 4. The maximum absolute atomic E-state index is 13.3. The number of carbonyl (C=O) groups is 1. The minimum atomic E-state index is -1.79. The van der Waals surface area contributed by atoms with Gasteiger partial charge in [-0.05, 0) is 70.6 Å². The van der Waals surface area contributed by atoms with Crippen molar-refractivity contribution >= 4 is 5.91 Å². The molecule has 2 aliphatic heterocycles. The number of hydrogen-bond acceptors (Lipinski definition) is 13. The fourth-order valence-electron chi connectivity index (χ4n) is 10.9. The van der Waals surface area contributed by atoms with Crippen LogP contribution < -0.4 is 5.32 Å². The zero-order valence-electron chi connectivity index (χ0n) is 53.3. The minimum absolute atomic E-state index is 0.211. The van der Waals surface area contributed by atoms with E-state index in [1.165, 1.54) is 135 Å². The van der Waals surface area contributed by atoms with Gasteiger partial charge in [0.05, 0.1) is 32.0 Å². The summed E-state index contributed by atoms with van der Waals surface area (Å²) in [5, 5.41) is 87.5. The lowest BCUT2D eigenvalue weighted by atomic mass is 9.97. The maximum atomic E-state index is 13.3. The van der Waals surface area contributed by atoms with Crippen LogP contribution >= 0.6 is 0 Å². The zero-order chi connectivity index (χ0) is 61.6. The van der Waals surface area contributed by atoms with Crippen LogP contribution in [0.15, 0.2) is 85.1 Å². The van der Waals surface area contributed by atoms with E-state index in [9.17, 15) is 45.6 Å². The minimum Gasteiger partial charge on any atom is -0.394 e. The average Bonchev–Trinajstić information content (AvgIpc) is 3.29. The van der Waals surface area contributed by atoms with E-state index >= 15 is 0 Å². The van der Waals surface area contributed by atoms with Crippen molar-refractivity contribution < 1.29 is 64.6 Å². The summed E-state index contributed by atoms with van der Waals surface area (Å²) in [4.78, 5) is 13.3. The van der Waals surface area contributed by atoms with Gasteiger partial charge in [-0.1, -0.05) is 272 Å². The van der Waals surface area contributed by atoms with E-state index in [-0.39, 0.29) is 12.5 Å². The molecular weight excluding hydrogens is 1070 g/mol. The number of rotatable bonds is 55. The molecule has 0 saturated carbocycles. The van der Waals surface area contributed by atoms with Crippen LogP contribution in [-0.4, -0.2) is 140 Å². The summed E-state index contributed by atoms with van der Waals surface area (Å²) in [6.45, 7) is 2.76. The van der Waals surface area contributed by atoms with E-state index in [4.69, 9.17) is 18.9 Å². The molecular formula is C71H125NO13. The van der Waals surface area contributed by atoms with Crippen LogP contribution in [0.2, 0.25) is 0 Å². The number of aliphatic hydroxyl groups is 8. The number of unbranched alkanes of at least 4 members (excludes halogenated alkanes) is 28. The number of nitrogens with one attached hydrogen (secondary N) is 1. The molecule has 14 nitrogen and oxygen atoms in total. The van der Waals surface area contributed by atoms with Crippen molar-refractivity contribution in [2.24, 2.45) is 0 Å². The molecule has 2 fully saturated rings. The van der Waals surface area contributed by atoms with Gasteiger partial charge >= 0.3 is 0 Å². The van der Waals surface area contributed by atoms with Crippen LogP contribution in [0.1, 0.15) is 264 Å². The lowest BCUT2D eigenvalue weighted by Crippen LogP contribution is -2.65. The summed E-state index contributed by atoms with van der Waals surface area (Å²) in [7, 11) is 0. The van der Waals surface area contributed by atoms with Crippen LogP contribution in [0.3, 0.4) is 0 Å². The van der Waals surface area contributed by atoms with Gasteiger partial charge in [0.25, 0.3) is 0 Å². The molecule has 0 radical (unpaired) electrons. The van der Waals surface area contributed by atoms with Crippen LogP contribution in [0.4, 0.5) is 0 Å². The normalized spacial score (nSPS) is 24.1. The second-order valence-corrected chi connectivity index (χ2v) is 23.9. The summed E-state index contributed by atoms with van der Waals surface area (Å²) in [6.07, 6.45) is 58.7. The Kier molecular flexibility index (Phi) is 50.9. The second-order valence-electron chi connectivity index (χ2n) is 23.9. The molecule has 0 aromatic carbocycles. The third-order valence-corrected chi connectivity index (χ3v) is 16.4. The highest BCUT2D eigenvalue weighted by molar-refractivity contribution is 5.76. The van der Waals surface area contributed by atoms with Gasteiger partial charge in [-0.3, -0.25) is 4.79 Å². The third kappa shape index (κ3) is 39.7. The summed E-state index contributed by atoms with van der Waals surface area (Å²) >= 11 is 0. The Hall–Kier alpha value is -2.83.